The zero-order chi connectivity index (χ0) is 56.1. The fourth-order valence-corrected chi connectivity index (χ4v) is 13.9. The van der Waals surface area contributed by atoms with Crippen LogP contribution in [0.25, 0.3) is 22.3 Å². The lowest BCUT2D eigenvalue weighted by molar-refractivity contribution is -0.132. The largest absolute Gasteiger partial charge is 0.369 e. The molecule has 79 heavy (non-hydrogen) atoms. The monoisotopic (exact) mass is 1160 g/mol. The molecular formula is C62H79BrClN11O4. The smallest absolute Gasteiger partial charge is 0.261 e. The summed E-state index contributed by atoms with van der Waals surface area (Å²) in [6.45, 7) is 1.78. The Hall–Kier alpha value is -6.13. The molecule has 3 aromatic carbocycles. The third-order valence-corrected chi connectivity index (χ3v) is 18.6. The van der Waals surface area contributed by atoms with Crippen LogP contribution < -0.4 is 22.5 Å². The van der Waals surface area contributed by atoms with Crippen LogP contribution in [0.4, 0.5) is 0 Å². The number of nitrogens with two attached hydrogens (primary N) is 3. The van der Waals surface area contributed by atoms with Gasteiger partial charge in [0.1, 0.15) is 5.54 Å². The summed E-state index contributed by atoms with van der Waals surface area (Å²) in [5.74, 6) is 2.50. The van der Waals surface area contributed by atoms with Crippen LogP contribution >= 0.6 is 27.5 Å². The Morgan fingerprint density at radius 1 is 0.696 bits per heavy atom. The zero-order valence-corrected chi connectivity index (χ0v) is 48.8. The number of nitrogens with one attached hydrogen (secondary N) is 1. The molecule has 5 atom stereocenters. The molecule has 17 heteroatoms. The zero-order valence-electron chi connectivity index (χ0n) is 46.5. The molecule has 4 aromatic rings. The Labute approximate surface area is 479 Å². The third kappa shape index (κ3) is 12.9. The van der Waals surface area contributed by atoms with Crippen LogP contribution in [-0.4, -0.2) is 93.9 Å². The van der Waals surface area contributed by atoms with Crippen molar-refractivity contribution in [3.63, 3.8) is 0 Å². The molecule has 0 bridgehead atoms. The highest BCUT2D eigenvalue weighted by Gasteiger charge is 2.49. The summed E-state index contributed by atoms with van der Waals surface area (Å²) in [7, 11) is 5.08. The van der Waals surface area contributed by atoms with E-state index in [2.05, 4.69) is 49.4 Å². The number of benzene rings is 3. The molecule has 0 saturated heterocycles. The highest BCUT2D eigenvalue weighted by atomic mass is 79.9. The second kappa shape index (κ2) is 24.7. The first kappa shape index (κ1) is 57.6. The van der Waals surface area contributed by atoms with Crippen LogP contribution in [0.5, 0.6) is 0 Å². The van der Waals surface area contributed by atoms with E-state index in [-0.39, 0.29) is 41.5 Å². The molecule has 4 heterocycles. The first-order chi connectivity index (χ1) is 37.9. The van der Waals surface area contributed by atoms with E-state index in [1.807, 2.05) is 54.6 Å². The van der Waals surface area contributed by atoms with Crippen molar-refractivity contribution in [1.82, 2.24) is 25.0 Å². The molecule has 4 aliphatic carbocycles. The van der Waals surface area contributed by atoms with Crippen LogP contribution in [0.3, 0.4) is 0 Å². The van der Waals surface area contributed by atoms with Gasteiger partial charge in [-0.15, -0.1) is 0 Å². The minimum Gasteiger partial charge on any atom is -0.369 e. The van der Waals surface area contributed by atoms with Crippen molar-refractivity contribution in [1.29, 1.82) is 0 Å². The molecule has 0 radical (unpaired) electrons. The first-order valence-electron chi connectivity index (χ1n) is 28.7. The number of fused-ring (bicyclic) bond motifs is 2. The van der Waals surface area contributed by atoms with Crippen LogP contribution in [-0.2, 0) is 36.7 Å². The molecule has 1 unspecified atom stereocenters. The quantitative estimate of drug-likeness (QED) is 0.119. The second-order valence-electron chi connectivity index (χ2n) is 23.4. The minimum atomic E-state index is -0.978. The van der Waals surface area contributed by atoms with Crippen molar-refractivity contribution in [2.24, 2.45) is 49.9 Å². The number of aromatic nitrogens is 1. The van der Waals surface area contributed by atoms with Gasteiger partial charge in [0.2, 0.25) is 11.8 Å². The van der Waals surface area contributed by atoms with Gasteiger partial charge in [-0.05, 0) is 163 Å². The van der Waals surface area contributed by atoms with Gasteiger partial charge in [-0.25, -0.2) is 15.0 Å². The molecule has 1 spiro atoms. The van der Waals surface area contributed by atoms with Crippen LogP contribution in [0.1, 0.15) is 152 Å². The molecule has 11 rings (SSSR count). The molecule has 3 saturated carbocycles. The fraction of sp³-hybridized carbons (Fsp3) is 0.516. The SMILES string of the molecule is CN1C(=O)C(C)(c2cccc(-c3cncc(Br)c3)c2)N=C1N.CN1C(=O)C[C@]2(CCCc3ccc(-c4cccc(Cl)c4)cc32)N=C1N.CN1C(=O)[C@@](CCC2CCCCC2)(C[C@H]2CCC[C@@H](NC(=O)C3CCCCC3)C2)N=C1N. The molecular weight excluding hydrogens is 1080 g/mol. The molecule has 7 aliphatic rings. The summed E-state index contributed by atoms with van der Waals surface area (Å²) in [5, 5.41) is 4.08. The average Bonchev–Trinajstić information content (AvgIpc) is 4.03. The lowest BCUT2D eigenvalue weighted by Gasteiger charge is -2.40. The number of halogens is 2. The Morgan fingerprint density at radius 3 is 2.03 bits per heavy atom. The number of guanidine groups is 3. The van der Waals surface area contributed by atoms with Gasteiger partial charge in [0.15, 0.2) is 23.4 Å². The van der Waals surface area contributed by atoms with Gasteiger partial charge in [-0.1, -0.05) is 118 Å². The average molecular weight is 1160 g/mol. The van der Waals surface area contributed by atoms with Crippen molar-refractivity contribution in [2.45, 2.75) is 164 Å². The summed E-state index contributed by atoms with van der Waals surface area (Å²) in [4.78, 5) is 73.5. The van der Waals surface area contributed by atoms with Gasteiger partial charge in [0.25, 0.3) is 11.8 Å². The first-order valence-corrected chi connectivity index (χ1v) is 29.8. The normalized spacial score (nSPS) is 26.3. The Kier molecular flexibility index (Phi) is 18.0. The number of amides is 4. The lowest BCUT2D eigenvalue weighted by Crippen LogP contribution is -2.49. The van der Waals surface area contributed by atoms with Crippen LogP contribution in [0.15, 0.2) is 105 Å². The molecule has 3 aliphatic heterocycles. The fourth-order valence-electron chi connectivity index (χ4n) is 13.3. The summed E-state index contributed by atoms with van der Waals surface area (Å²) >= 11 is 9.56. The van der Waals surface area contributed by atoms with Gasteiger partial charge in [0.05, 0.1) is 12.0 Å². The number of nitrogens with zero attached hydrogens (tertiary/aromatic N) is 7. The van der Waals surface area contributed by atoms with E-state index in [1.165, 1.54) is 66.7 Å². The van der Waals surface area contributed by atoms with Crippen molar-refractivity contribution in [3.05, 3.63) is 111 Å². The van der Waals surface area contributed by atoms with E-state index in [9.17, 15) is 19.2 Å². The molecule has 3 fully saturated rings. The number of carbonyl (C=O) groups is 4. The molecule has 15 nitrogen and oxygen atoms in total. The summed E-state index contributed by atoms with van der Waals surface area (Å²) < 4.78 is 0.903. The molecule has 7 N–H and O–H groups in total. The maximum atomic E-state index is 13.3. The number of aliphatic imine (C=N–C) groups is 3. The van der Waals surface area contributed by atoms with Gasteiger partial charge in [-0.2, -0.15) is 0 Å². The summed E-state index contributed by atoms with van der Waals surface area (Å²) in [6.07, 6.45) is 26.0. The predicted octanol–water partition coefficient (Wildman–Crippen LogP) is 10.7. The van der Waals surface area contributed by atoms with E-state index in [0.717, 1.165) is 121 Å². The van der Waals surface area contributed by atoms with E-state index >= 15 is 0 Å². The highest BCUT2D eigenvalue weighted by Crippen LogP contribution is 2.46. The van der Waals surface area contributed by atoms with E-state index in [0.29, 0.717) is 29.3 Å². The second-order valence-corrected chi connectivity index (χ2v) is 24.8. The van der Waals surface area contributed by atoms with Crippen molar-refractivity contribution >= 4 is 69.0 Å². The lowest BCUT2D eigenvalue weighted by atomic mass is 9.73. The molecule has 1 aromatic heterocycles. The van der Waals surface area contributed by atoms with Crippen molar-refractivity contribution < 1.29 is 19.2 Å². The Morgan fingerprint density at radius 2 is 1.35 bits per heavy atom. The van der Waals surface area contributed by atoms with Gasteiger partial charge in [-0.3, -0.25) is 38.9 Å². The van der Waals surface area contributed by atoms with E-state index in [1.54, 1.807) is 45.4 Å². The molecule has 4 amide bonds. The number of rotatable bonds is 10. The number of hydrogen-bond donors (Lipinski definition) is 4. The topological polar surface area (TPSA) is 218 Å². The highest BCUT2D eigenvalue weighted by molar-refractivity contribution is 9.10. The van der Waals surface area contributed by atoms with E-state index < -0.39 is 16.6 Å². The van der Waals surface area contributed by atoms with Crippen molar-refractivity contribution in [2.75, 3.05) is 21.1 Å². The Bertz CT molecular complexity index is 3010. The number of hydrogen-bond acceptors (Lipinski definition) is 11. The van der Waals surface area contributed by atoms with Gasteiger partial charge < -0.3 is 22.5 Å². The number of pyridine rings is 1. The van der Waals surface area contributed by atoms with Crippen LogP contribution in [0, 0.1) is 17.8 Å². The third-order valence-electron chi connectivity index (χ3n) is 18.0. The van der Waals surface area contributed by atoms with Gasteiger partial charge in [0, 0.05) is 60.6 Å². The van der Waals surface area contributed by atoms with Gasteiger partial charge >= 0.3 is 0 Å². The van der Waals surface area contributed by atoms with Crippen LogP contribution in [0.2, 0.25) is 5.02 Å². The molecule has 420 valence electrons. The number of carbonyl (C=O) groups excluding carboxylic acids is 4. The minimum absolute atomic E-state index is 0.0218. The maximum Gasteiger partial charge on any atom is 0.261 e. The standard InChI is InChI=1S/C26H44N4O2.C20H20ClN3O.C16H15BrN4O/c1-30-24(32)26(29-25(30)27,16-15-19-9-4-2-5-10-19)18-20-11-8-14-22(17-20)28-23(31)21-12-6-3-7-13-21;1-24-18(25)12-20(23-19(24)22)9-3-5-13-7-8-15(11-17(13)20)14-4-2-6-16(21)10-14;1-16(14(22)21(2)15(18)20-16)12-5-3-4-10(6-12)11-7-13(17)9-19-8-11/h19-22H,2-18H2,1H3,(H2,27,29)(H,28,31);2,4,6-8,10-11H,3,5,9,12H2,1H3,(H2,22,23);3-9H,1-2H3,(H2,18,20)/t20-,22+,26+;20-;/m00./s1. The van der Waals surface area contributed by atoms with E-state index in [4.69, 9.17) is 38.8 Å². The van der Waals surface area contributed by atoms with Crippen molar-refractivity contribution in [3.8, 4) is 22.3 Å². The summed E-state index contributed by atoms with van der Waals surface area (Å²) in [5.41, 5.74) is 23.0. The number of likely N-dealkylation sites (N-methyl/N-ethyl adjacent to an activating group) is 2. The predicted molar refractivity (Wildman–Crippen MR) is 318 cm³/mol. The maximum absolute atomic E-state index is 13.3. The summed E-state index contributed by atoms with van der Waals surface area (Å²) in [6, 6.07) is 24.2. The number of aryl methyl sites for hydroxylation is 1. The Balaban J connectivity index is 0.000000147.